The minimum Gasteiger partial charge on any atom is -0.394 e. The van der Waals surface area contributed by atoms with Gasteiger partial charge >= 0.3 is 0 Å². The van der Waals surface area contributed by atoms with Crippen molar-refractivity contribution < 1.29 is 19.7 Å². The van der Waals surface area contributed by atoms with Crippen LogP contribution in [0.4, 0.5) is 0 Å². The van der Waals surface area contributed by atoms with Crippen molar-refractivity contribution in [1.82, 2.24) is 10.2 Å². The molecule has 0 spiro atoms. The molecule has 1 aliphatic heterocycles. The second-order valence-corrected chi connectivity index (χ2v) is 7.50. The second-order valence-electron chi connectivity index (χ2n) is 7.06. The summed E-state index contributed by atoms with van der Waals surface area (Å²) in [5, 5.41) is 23.6. The SMILES string of the molecule is O=C(NC(CO)C(O)c1ccc(Cl)cc1)C1COCCN1C1CCCC1. The summed E-state index contributed by atoms with van der Waals surface area (Å²) in [7, 11) is 0. The molecule has 1 saturated carbocycles. The predicted molar refractivity (Wildman–Crippen MR) is 99.0 cm³/mol. The van der Waals surface area contributed by atoms with Crippen molar-refractivity contribution in [2.45, 2.75) is 49.9 Å². The number of nitrogens with one attached hydrogen (secondary N) is 1. The van der Waals surface area contributed by atoms with Gasteiger partial charge in [-0.1, -0.05) is 36.6 Å². The van der Waals surface area contributed by atoms with Crippen LogP contribution in [0.5, 0.6) is 0 Å². The molecule has 7 heteroatoms. The fourth-order valence-corrected chi connectivity index (χ4v) is 4.04. The first-order valence-corrected chi connectivity index (χ1v) is 9.66. The average molecular weight is 383 g/mol. The van der Waals surface area contributed by atoms with Crippen LogP contribution in [0, 0.1) is 0 Å². The van der Waals surface area contributed by atoms with Crippen LogP contribution in [0.3, 0.4) is 0 Å². The van der Waals surface area contributed by atoms with Crippen molar-refractivity contribution in [3.63, 3.8) is 0 Å². The topological polar surface area (TPSA) is 82.0 Å². The number of benzene rings is 1. The van der Waals surface area contributed by atoms with E-state index in [4.69, 9.17) is 16.3 Å². The van der Waals surface area contributed by atoms with Crippen LogP contribution in [0.2, 0.25) is 5.02 Å². The highest BCUT2D eigenvalue weighted by molar-refractivity contribution is 6.30. The molecule has 1 amide bonds. The van der Waals surface area contributed by atoms with E-state index in [0.29, 0.717) is 29.8 Å². The Hall–Kier alpha value is -1.18. The molecular formula is C19H27ClN2O4. The Morgan fingerprint density at radius 1 is 1.31 bits per heavy atom. The molecule has 1 heterocycles. The van der Waals surface area contributed by atoms with Crippen molar-refractivity contribution in [2.24, 2.45) is 0 Å². The zero-order valence-corrected chi connectivity index (χ0v) is 15.6. The van der Waals surface area contributed by atoms with E-state index in [0.717, 1.165) is 19.4 Å². The number of carbonyl (C=O) groups is 1. The number of rotatable bonds is 6. The molecule has 1 aromatic carbocycles. The second kappa shape index (κ2) is 9.15. The number of hydrogen-bond acceptors (Lipinski definition) is 5. The van der Waals surface area contributed by atoms with Gasteiger partial charge in [0.15, 0.2) is 0 Å². The third-order valence-electron chi connectivity index (χ3n) is 5.38. The number of ether oxygens (including phenoxy) is 1. The Morgan fingerprint density at radius 2 is 2.00 bits per heavy atom. The lowest BCUT2D eigenvalue weighted by Gasteiger charge is -2.39. The Bertz CT molecular complexity index is 592. The molecule has 0 radical (unpaired) electrons. The van der Waals surface area contributed by atoms with Crippen molar-refractivity contribution >= 4 is 17.5 Å². The first-order valence-electron chi connectivity index (χ1n) is 9.28. The minimum atomic E-state index is -1.01. The van der Waals surface area contributed by atoms with Crippen molar-refractivity contribution in [3.05, 3.63) is 34.9 Å². The summed E-state index contributed by atoms with van der Waals surface area (Å²) >= 11 is 5.87. The minimum absolute atomic E-state index is 0.205. The molecule has 1 aromatic rings. The van der Waals surface area contributed by atoms with Gasteiger partial charge in [-0.15, -0.1) is 0 Å². The third-order valence-corrected chi connectivity index (χ3v) is 5.64. The summed E-state index contributed by atoms with van der Waals surface area (Å²) < 4.78 is 5.52. The molecule has 2 fully saturated rings. The molecule has 6 nitrogen and oxygen atoms in total. The molecule has 1 aliphatic carbocycles. The summed E-state index contributed by atoms with van der Waals surface area (Å²) in [4.78, 5) is 15.1. The van der Waals surface area contributed by atoms with Crippen molar-refractivity contribution in [3.8, 4) is 0 Å². The maximum absolute atomic E-state index is 12.8. The van der Waals surface area contributed by atoms with Crippen LogP contribution < -0.4 is 5.32 Å². The average Bonchev–Trinajstić information content (AvgIpc) is 3.20. The zero-order valence-electron chi connectivity index (χ0n) is 14.8. The molecule has 3 rings (SSSR count). The van der Waals surface area contributed by atoms with E-state index < -0.39 is 12.1 Å². The maximum atomic E-state index is 12.8. The van der Waals surface area contributed by atoms with Crippen LogP contribution in [0.25, 0.3) is 0 Å². The van der Waals surface area contributed by atoms with Gasteiger partial charge < -0.3 is 20.3 Å². The van der Waals surface area contributed by atoms with E-state index in [-0.39, 0.29) is 18.6 Å². The lowest BCUT2D eigenvalue weighted by atomic mass is 10.0. The lowest BCUT2D eigenvalue weighted by Crippen LogP contribution is -2.58. The summed E-state index contributed by atoms with van der Waals surface area (Å²) in [6, 6.07) is 5.99. The smallest absolute Gasteiger partial charge is 0.240 e. The van der Waals surface area contributed by atoms with Gasteiger partial charge in [0.05, 0.1) is 25.9 Å². The summed E-state index contributed by atoms with van der Waals surface area (Å²) in [5.41, 5.74) is 0.598. The van der Waals surface area contributed by atoms with E-state index in [9.17, 15) is 15.0 Å². The largest absolute Gasteiger partial charge is 0.394 e. The summed E-state index contributed by atoms with van der Waals surface area (Å²) in [6.07, 6.45) is 3.61. The van der Waals surface area contributed by atoms with Gasteiger partial charge in [0.25, 0.3) is 0 Å². The summed E-state index contributed by atoms with van der Waals surface area (Å²) in [5.74, 6) is -0.205. The molecule has 144 valence electrons. The predicted octanol–water partition coefficient (Wildman–Crippen LogP) is 1.49. The highest BCUT2D eigenvalue weighted by atomic mass is 35.5. The number of amides is 1. The van der Waals surface area contributed by atoms with E-state index in [1.54, 1.807) is 24.3 Å². The number of aliphatic hydroxyl groups is 2. The van der Waals surface area contributed by atoms with Gasteiger partial charge in [-0.3, -0.25) is 9.69 Å². The fraction of sp³-hybridized carbons (Fsp3) is 0.632. The van der Waals surface area contributed by atoms with Crippen LogP contribution in [0.15, 0.2) is 24.3 Å². The number of aliphatic hydroxyl groups excluding tert-OH is 2. The Labute approximate surface area is 159 Å². The summed E-state index contributed by atoms with van der Waals surface area (Å²) in [6.45, 7) is 1.37. The highest BCUT2D eigenvalue weighted by Crippen LogP contribution is 2.27. The van der Waals surface area contributed by atoms with Crippen LogP contribution in [-0.4, -0.2) is 65.5 Å². The van der Waals surface area contributed by atoms with Gasteiger partial charge in [-0.2, -0.15) is 0 Å². The molecule has 3 N–H and O–H groups in total. The van der Waals surface area contributed by atoms with Gasteiger partial charge in [0.2, 0.25) is 5.91 Å². The molecule has 1 saturated heterocycles. The van der Waals surface area contributed by atoms with E-state index in [1.165, 1.54) is 12.8 Å². The lowest BCUT2D eigenvalue weighted by molar-refractivity contribution is -0.136. The highest BCUT2D eigenvalue weighted by Gasteiger charge is 2.36. The van der Waals surface area contributed by atoms with Gasteiger partial charge in [-0.05, 0) is 30.5 Å². The molecule has 2 aliphatic rings. The third kappa shape index (κ3) is 4.56. The first-order chi connectivity index (χ1) is 12.6. The Kier molecular flexibility index (Phi) is 6.89. The molecule has 3 atom stereocenters. The van der Waals surface area contributed by atoms with E-state index in [2.05, 4.69) is 10.2 Å². The van der Waals surface area contributed by atoms with Crippen molar-refractivity contribution in [2.75, 3.05) is 26.4 Å². The normalized spacial score (nSPS) is 24.3. The van der Waals surface area contributed by atoms with E-state index in [1.807, 2.05) is 0 Å². The Balaban J connectivity index is 1.66. The monoisotopic (exact) mass is 382 g/mol. The number of nitrogens with zero attached hydrogens (tertiary/aromatic N) is 1. The Morgan fingerprint density at radius 3 is 2.65 bits per heavy atom. The van der Waals surface area contributed by atoms with Crippen molar-refractivity contribution in [1.29, 1.82) is 0 Å². The fourth-order valence-electron chi connectivity index (χ4n) is 3.91. The molecule has 0 bridgehead atoms. The first kappa shape index (κ1) is 19.6. The van der Waals surface area contributed by atoms with Crippen LogP contribution in [0.1, 0.15) is 37.4 Å². The standard InChI is InChI=1S/C19H27ClN2O4/c20-14-7-5-13(6-8-14)18(24)16(11-23)21-19(25)17-12-26-10-9-22(17)15-3-1-2-4-15/h5-8,15-18,23-24H,1-4,9-12H2,(H,21,25). The van der Waals surface area contributed by atoms with Gasteiger partial charge in [-0.25, -0.2) is 0 Å². The maximum Gasteiger partial charge on any atom is 0.240 e. The van der Waals surface area contributed by atoms with E-state index >= 15 is 0 Å². The van der Waals surface area contributed by atoms with Crippen LogP contribution >= 0.6 is 11.6 Å². The van der Waals surface area contributed by atoms with Gasteiger partial charge in [0, 0.05) is 17.6 Å². The van der Waals surface area contributed by atoms with Crippen LogP contribution in [-0.2, 0) is 9.53 Å². The molecule has 0 aromatic heterocycles. The number of carbonyl (C=O) groups excluding carboxylic acids is 1. The molecular weight excluding hydrogens is 356 g/mol. The number of morpholine rings is 1. The van der Waals surface area contributed by atoms with Gasteiger partial charge in [0.1, 0.15) is 12.1 Å². The number of halogens is 1. The molecule has 26 heavy (non-hydrogen) atoms. The number of hydrogen-bond donors (Lipinski definition) is 3. The zero-order chi connectivity index (χ0) is 18.5. The quantitative estimate of drug-likeness (QED) is 0.694. The molecule has 3 unspecified atom stereocenters.